The molecular weight excluding hydrogens is 228 g/mol. The predicted molar refractivity (Wildman–Crippen MR) is 72.6 cm³/mol. The van der Waals surface area contributed by atoms with Gasteiger partial charge in [0.05, 0.1) is 12.2 Å². The molecule has 4 heteroatoms. The largest absolute Gasteiger partial charge is 0.392 e. The van der Waals surface area contributed by atoms with E-state index in [4.69, 9.17) is 0 Å². The SMILES string of the molecule is OC(CNC1CCCCCC1O)CN1CCCC1. The van der Waals surface area contributed by atoms with Gasteiger partial charge in [0, 0.05) is 19.1 Å². The zero-order valence-electron chi connectivity index (χ0n) is 11.4. The Bertz CT molecular complexity index is 232. The second-order valence-corrected chi connectivity index (χ2v) is 5.88. The third-order valence-corrected chi connectivity index (χ3v) is 4.26. The standard InChI is InChI=1S/C14H28N2O2/c17-12(11-16-8-4-5-9-16)10-15-13-6-2-1-3-7-14(13)18/h12-15,17-18H,1-11H2. The number of rotatable bonds is 5. The fraction of sp³-hybridized carbons (Fsp3) is 1.00. The summed E-state index contributed by atoms with van der Waals surface area (Å²) in [6, 6.07) is 0.181. The molecule has 0 aromatic rings. The molecular formula is C14H28N2O2. The first-order chi connectivity index (χ1) is 8.75. The van der Waals surface area contributed by atoms with E-state index in [1.807, 2.05) is 0 Å². The molecule has 0 bridgehead atoms. The van der Waals surface area contributed by atoms with Crippen molar-refractivity contribution in [3.63, 3.8) is 0 Å². The maximum absolute atomic E-state index is 10.0. The fourth-order valence-electron chi connectivity index (χ4n) is 3.14. The fourth-order valence-corrected chi connectivity index (χ4v) is 3.14. The lowest BCUT2D eigenvalue weighted by atomic mass is 10.1. The Morgan fingerprint density at radius 2 is 1.78 bits per heavy atom. The quantitative estimate of drug-likeness (QED) is 0.635. The van der Waals surface area contributed by atoms with E-state index in [1.54, 1.807) is 0 Å². The summed E-state index contributed by atoms with van der Waals surface area (Å²) in [6.07, 6.45) is 7.49. The first-order valence-corrected chi connectivity index (χ1v) is 7.57. The minimum atomic E-state index is -0.307. The molecule has 18 heavy (non-hydrogen) atoms. The summed E-state index contributed by atoms with van der Waals surface area (Å²) < 4.78 is 0. The van der Waals surface area contributed by atoms with Crippen LogP contribution in [0.25, 0.3) is 0 Å². The topological polar surface area (TPSA) is 55.7 Å². The van der Waals surface area contributed by atoms with Crippen molar-refractivity contribution >= 4 is 0 Å². The molecule has 3 N–H and O–H groups in total. The van der Waals surface area contributed by atoms with E-state index in [-0.39, 0.29) is 18.2 Å². The molecule has 0 radical (unpaired) electrons. The summed E-state index contributed by atoms with van der Waals surface area (Å²) in [5.41, 5.74) is 0. The highest BCUT2D eigenvalue weighted by atomic mass is 16.3. The van der Waals surface area contributed by atoms with Crippen LogP contribution in [0.15, 0.2) is 0 Å². The molecule has 0 spiro atoms. The molecule has 0 aromatic carbocycles. The minimum Gasteiger partial charge on any atom is -0.392 e. The van der Waals surface area contributed by atoms with Gasteiger partial charge >= 0.3 is 0 Å². The first-order valence-electron chi connectivity index (χ1n) is 7.57. The first kappa shape index (κ1) is 14.3. The van der Waals surface area contributed by atoms with Crippen LogP contribution in [0, 0.1) is 0 Å². The van der Waals surface area contributed by atoms with E-state index in [1.165, 1.54) is 25.7 Å². The van der Waals surface area contributed by atoms with Gasteiger partial charge in [0.25, 0.3) is 0 Å². The molecule has 1 saturated heterocycles. The zero-order valence-corrected chi connectivity index (χ0v) is 11.4. The van der Waals surface area contributed by atoms with Crippen LogP contribution in [0.5, 0.6) is 0 Å². The van der Waals surface area contributed by atoms with Gasteiger partial charge < -0.3 is 20.4 Å². The molecule has 2 fully saturated rings. The monoisotopic (exact) mass is 256 g/mol. The van der Waals surface area contributed by atoms with Gasteiger partial charge in [0.15, 0.2) is 0 Å². The number of hydrogen-bond acceptors (Lipinski definition) is 4. The van der Waals surface area contributed by atoms with Gasteiger partial charge in [0.1, 0.15) is 0 Å². The molecule has 2 rings (SSSR count). The maximum atomic E-state index is 10.0. The van der Waals surface area contributed by atoms with Crippen LogP contribution in [0.3, 0.4) is 0 Å². The van der Waals surface area contributed by atoms with Crippen LogP contribution in [0.4, 0.5) is 0 Å². The Balaban J connectivity index is 1.65. The van der Waals surface area contributed by atoms with Crippen molar-refractivity contribution in [2.24, 2.45) is 0 Å². The van der Waals surface area contributed by atoms with Crippen molar-refractivity contribution in [1.82, 2.24) is 10.2 Å². The van der Waals surface area contributed by atoms with Gasteiger partial charge in [0.2, 0.25) is 0 Å². The number of β-amino-alcohol motifs (C(OH)–C–C–N with tert-alkyl or cyclic N) is 1. The van der Waals surface area contributed by atoms with Crippen molar-refractivity contribution in [1.29, 1.82) is 0 Å². The van der Waals surface area contributed by atoms with Crippen molar-refractivity contribution in [3.05, 3.63) is 0 Å². The van der Waals surface area contributed by atoms with Crippen LogP contribution >= 0.6 is 0 Å². The molecule has 0 amide bonds. The van der Waals surface area contributed by atoms with E-state index in [0.717, 1.165) is 38.9 Å². The molecule has 1 aliphatic heterocycles. The maximum Gasteiger partial charge on any atom is 0.0791 e. The summed E-state index contributed by atoms with van der Waals surface area (Å²) in [5.74, 6) is 0. The predicted octanol–water partition coefficient (Wildman–Crippen LogP) is 0.726. The van der Waals surface area contributed by atoms with E-state index in [9.17, 15) is 10.2 Å². The van der Waals surface area contributed by atoms with Gasteiger partial charge in [-0.1, -0.05) is 19.3 Å². The summed E-state index contributed by atoms with van der Waals surface area (Å²) in [7, 11) is 0. The second-order valence-electron chi connectivity index (χ2n) is 5.88. The third kappa shape index (κ3) is 4.50. The summed E-state index contributed by atoms with van der Waals surface area (Å²) >= 11 is 0. The van der Waals surface area contributed by atoms with E-state index >= 15 is 0 Å². The average Bonchev–Trinajstić information content (AvgIpc) is 2.76. The number of nitrogens with zero attached hydrogens (tertiary/aromatic N) is 1. The zero-order chi connectivity index (χ0) is 12.8. The smallest absolute Gasteiger partial charge is 0.0791 e. The Morgan fingerprint density at radius 1 is 1.06 bits per heavy atom. The molecule has 3 atom stereocenters. The van der Waals surface area contributed by atoms with Crippen LogP contribution in [0.2, 0.25) is 0 Å². The van der Waals surface area contributed by atoms with Crippen molar-refractivity contribution < 1.29 is 10.2 Å². The van der Waals surface area contributed by atoms with Gasteiger partial charge in [-0.15, -0.1) is 0 Å². The highest BCUT2D eigenvalue weighted by molar-refractivity contribution is 4.81. The number of nitrogens with one attached hydrogen (secondary N) is 1. The summed E-state index contributed by atoms with van der Waals surface area (Å²) in [4.78, 5) is 2.33. The normalized spacial score (nSPS) is 32.3. The number of aliphatic hydroxyl groups excluding tert-OH is 2. The van der Waals surface area contributed by atoms with Gasteiger partial charge in [-0.05, 0) is 38.8 Å². The van der Waals surface area contributed by atoms with Gasteiger partial charge in [-0.25, -0.2) is 0 Å². The second kappa shape index (κ2) is 7.43. The van der Waals surface area contributed by atoms with E-state index in [2.05, 4.69) is 10.2 Å². The van der Waals surface area contributed by atoms with E-state index < -0.39 is 0 Å². The summed E-state index contributed by atoms with van der Waals surface area (Å²) in [6.45, 7) is 3.64. The lowest BCUT2D eigenvalue weighted by Gasteiger charge is -2.25. The van der Waals surface area contributed by atoms with Crippen molar-refractivity contribution in [2.75, 3.05) is 26.2 Å². The number of aliphatic hydroxyl groups is 2. The van der Waals surface area contributed by atoms with Crippen molar-refractivity contribution in [2.45, 2.75) is 63.2 Å². The Hall–Kier alpha value is -0.160. The highest BCUT2D eigenvalue weighted by Gasteiger charge is 2.22. The van der Waals surface area contributed by atoms with Crippen LogP contribution in [-0.2, 0) is 0 Å². The lowest BCUT2D eigenvalue weighted by molar-refractivity contribution is 0.0908. The Labute approximate surface area is 110 Å². The molecule has 0 aromatic heterocycles. The Morgan fingerprint density at radius 3 is 2.56 bits per heavy atom. The molecule has 3 unspecified atom stereocenters. The third-order valence-electron chi connectivity index (χ3n) is 4.26. The summed E-state index contributed by atoms with van der Waals surface area (Å²) in [5, 5.41) is 23.4. The number of hydrogen-bond donors (Lipinski definition) is 3. The Kier molecular flexibility index (Phi) is 5.89. The molecule has 2 aliphatic rings. The van der Waals surface area contributed by atoms with Gasteiger partial charge in [-0.2, -0.15) is 0 Å². The van der Waals surface area contributed by atoms with E-state index in [0.29, 0.717) is 6.54 Å². The number of likely N-dealkylation sites (tertiary alicyclic amines) is 1. The van der Waals surface area contributed by atoms with Crippen LogP contribution in [-0.4, -0.2) is 59.5 Å². The molecule has 106 valence electrons. The molecule has 4 nitrogen and oxygen atoms in total. The van der Waals surface area contributed by atoms with Crippen LogP contribution in [0.1, 0.15) is 44.9 Å². The lowest BCUT2D eigenvalue weighted by Crippen LogP contribution is -2.45. The molecule has 1 heterocycles. The van der Waals surface area contributed by atoms with Crippen molar-refractivity contribution in [3.8, 4) is 0 Å². The molecule has 1 saturated carbocycles. The minimum absolute atomic E-state index is 0.181. The molecule has 1 aliphatic carbocycles. The van der Waals surface area contributed by atoms with Gasteiger partial charge in [-0.3, -0.25) is 0 Å². The van der Waals surface area contributed by atoms with Crippen LogP contribution < -0.4 is 5.32 Å². The average molecular weight is 256 g/mol. The highest BCUT2D eigenvalue weighted by Crippen LogP contribution is 2.18.